The van der Waals surface area contributed by atoms with Gasteiger partial charge in [0.05, 0.1) is 17.7 Å². The van der Waals surface area contributed by atoms with Crippen LogP contribution in [0, 0.1) is 0 Å². The molecule has 28 heavy (non-hydrogen) atoms. The Morgan fingerprint density at radius 2 is 1.86 bits per heavy atom. The van der Waals surface area contributed by atoms with Gasteiger partial charge >= 0.3 is 13.2 Å². The van der Waals surface area contributed by atoms with Crippen LogP contribution in [0.25, 0.3) is 0 Å². The summed E-state index contributed by atoms with van der Waals surface area (Å²) in [6.07, 6.45) is 2.07. The molecule has 154 valence electrons. The van der Waals surface area contributed by atoms with Crippen molar-refractivity contribution in [3.63, 3.8) is 0 Å². The summed E-state index contributed by atoms with van der Waals surface area (Å²) in [5.41, 5.74) is -0.419. The highest BCUT2D eigenvalue weighted by Crippen LogP contribution is 2.36. The molecule has 3 heterocycles. The zero-order valence-electron chi connectivity index (χ0n) is 17.9. The molecule has 0 unspecified atom stereocenters. The van der Waals surface area contributed by atoms with Gasteiger partial charge in [-0.2, -0.15) is 0 Å². The molecule has 0 aliphatic carbocycles. The van der Waals surface area contributed by atoms with Gasteiger partial charge in [-0.1, -0.05) is 6.07 Å². The smallest absolute Gasteiger partial charge is 0.472 e. The molecule has 1 atom stereocenters. The first-order valence-corrected chi connectivity index (χ1v) is 9.82. The quantitative estimate of drug-likeness (QED) is 0.740. The number of ether oxygens (including phenoxy) is 2. The Bertz CT molecular complexity index is 698. The monoisotopic (exact) mass is 390 g/mol. The predicted octanol–water partition coefficient (Wildman–Crippen LogP) is 2.77. The van der Waals surface area contributed by atoms with E-state index in [1.54, 1.807) is 11.1 Å². The van der Waals surface area contributed by atoms with E-state index in [1.807, 2.05) is 60.6 Å². The number of amides is 1. The lowest BCUT2D eigenvalue weighted by Gasteiger charge is -2.32. The Balaban J connectivity index is 1.55. The fourth-order valence-corrected chi connectivity index (χ4v) is 3.07. The van der Waals surface area contributed by atoms with Crippen molar-refractivity contribution >= 4 is 18.7 Å². The molecule has 0 spiro atoms. The molecule has 0 N–H and O–H groups in total. The Morgan fingerprint density at radius 3 is 2.39 bits per heavy atom. The average molecular weight is 390 g/mol. The topological polar surface area (TPSA) is 70.1 Å². The molecule has 2 saturated heterocycles. The van der Waals surface area contributed by atoms with E-state index in [0.29, 0.717) is 19.0 Å². The van der Waals surface area contributed by atoms with E-state index in [1.165, 1.54) is 0 Å². The summed E-state index contributed by atoms with van der Waals surface area (Å²) in [6, 6.07) is 3.72. The lowest BCUT2D eigenvalue weighted by atomic mass is 9.80. The van der Waals surface area contributed by atoms with Gasteiger partial charge in [0.15, 0.2) is 0 Å². The van der Waals surface area contributed by atoms with Gasteiger partial charge in [-0.05, 0) is 54.5 Å². The van der Waals surface area contributed by atoms with E-state index >= 15 is 0 Å². The van der Waals surface area contributed by atoms with Crippen molar-refractivity contribution in [3.05, 3.63) is 18.3 Å². The fraction of sp³-hybridized carbons (Fsp3) is 0.700. The number of rotatable bonds is 3. The van der Waals surface area contributed by atoms with Crippen LogP contribution in [0.3, 0.4) is 0 Å². The molecule has 2 aliphatic heterocycles. The van der Waals surface area contributed by atoms with E-state index in [4.69, 9.17) is 18.8 Å². The standard InChI is InChI=1S/C20H31BN2O5/c1-18(2,3)26-17(24)23-11-10-15(13-23)25-16-9-8-14(12-22-16)21-27-19(4,5)20(6,7)28-21/h8-9,12,15H,10-11,13H2,1-7H3/t15-/m1/s1. The van der Waals surface area contributed by atoms with Crippen molar-refractivity contribution in [1.29, 1.82) is 0 Å². The van der Waals surface area contributed by atoms with Crippen LogP contribution < -0.4 is 10.2 Å². The third kappa shape index (κ3) is 4.60. The number of nitrogens with zero attached hydrogens (tertiary/aromatic N) is 2. The molecule has 0 radical (unpaired) electrons. The first-order valence-electron chi connectivity index (χ1n) is 9.82. The second-order valence-electron chi connectivity index (χ2n) is 9.47. The van der Waals surface area contributed by atoms with Crippen molar-refractivity contribution < 1.29 is 23.6 Å². The van der Waals surface area contributed by atoms with Gasteiger partial charge in [-0.25, -0.2) is 9.78 Å². The number of aromatic nitrogens is 1. The first kappa shape index (κ1) is 20.9. The zero-order chi connectivity index (χ0) is 20.7. The van der Waals surface area contributed by atoms with Crippen molar-refractivity contribution in [2.24, 2.45) is 0 Å². The lowest BCUT2D eigenvalue weighted by molar-refractivity contribution is 0.00578. The summed E-state index contributed by atoms with van der Waals surface area (Å²) in [7, 11) is -0.444. The number of hydrogen-bond donors (Lipinski definition) is 0. The maximum atomic E-state index is 12.2. The van der Waals surface area contributed by atoms with Crippen LogP contribution in [0.5, 0.6) is 5.88 Å². The zero-order valence-corrected chi connectivity index (χ0v) is 17.9. The largest absolute Gasteiger partial charge is 0.496 e. The molecule has 2 fully saturated rings. The van der Waals surface area contributed by atoms with E-state index < -0.39 is 12.7 Å². The minimum absolute atomic E-state index is 0.0947. The maximum absolute atomic E-state index is 12.2. The van der Waals surface area contributed by atoms with Crippen molar-refractivity contribution in [1.82, 2.24) is 9.88 Å². The fourth-order valence-electron chi connectivity index (χ4n) is 3.07. The van der Waals surface area contributed by atoms with Crippen molar-refractivity contribution in [2.45, 2.75) is 77.8 Å². The predicted molar refractivity (Wildman–Crippen MR) is 107 cm³/mol. The van der Waals surface area contributed by atoms with Crippen LogP contribution >= 0.6 is 0 Å². The van der Waals surface area contributed by atoms with Gasteiger partial charge in [0, 0.05) is 24.6 Å². The van der Waals surface area contributed by atoms with Crippen LogP contribution in [0.2, 0.25) is 0 Å². The second-order valence-corrected chi connectivity index (χ2v) is 9.47. The number of carbonyl (C=O) groups is 1. The highest BCUT2D eigenvalue weighted by molar-refractivity contribution is 6.62. The molecule has 0 bridgehead atoms. The summed E-state index contributed by atoms with van der Waals surface area (Å²) in [5, 5.41) is 0. The number of hydrogen-bond acceptors (Lipinski definition) is 6. The Labute approximate surface area is 167 Å². The maximum Gasteiger partial charge on any atom is 0.496 e. The molecule has 1 amide bonds. The van der Waals surface area contributed by atoms with Gasteiger partial charge in [0.2, 0.25) is 5.88 Å². The summed E-state index contributed by atoms with van der Waals surface area (Å²) >= 11 is 0. The van der Waals surface area contributed by atoms with Gasteiger partial charge in [0.1, 0.15) is 11.7 Å². The summed E-state index contributed by atoms with van der Waals surface area (Å²) < 4.78 is 23.4. The molecular formula is C20H31BN2O5. The van der Waals surface area contributed by atoms with Crippen LogP contribution in [0.4, 0.5) is 4.79 Å². The van der Waals surface area contributed by atoms with Crippen LogP contribution in [-0.2, 0) is 14.0 Å². The third-order valence-electron chi connectivity index (χ3n) is 5.37. The number of carbonyl (C=O) groups excluding carboxylic acids is 1. The summed E-state index contributed by atoms with van der Waals surface area (Å²) in [6.45, 7) is 14.8. The van der Waals surface area contributed by atoms with E-state index in [0.717, 1.165) is 11.9 Å². The minimum Gasteiger partial charge on any atom is -0.472 e. The molecule has 2 aliphatic rings. The van der Waals surface area contributed by atoms with E-state index in [9.17, 15) is 4.79 Å². The molecule has 1 aromatic heterocycles. The van der Waals surface area contributed by atoms with Crippen LogP contribution in [0.1, 0.15) is 54.9 Å². The van der Waals surface area contributed by atoms with Gasteiger partial charge < -0.3 is 23.7 Å². The highest BCUT2D eigenvalue weighted by atomic mass is 16.7. The average Bonchev–Trinajstić information content (AvgIpc) is 3.09. The molecule has 1 aromatic rings. The Hall–Kier alpha value is -1.80. The minimum atomic E-state index is -0.499. The van der Waals surface area contributed by atoms with Gasteiger partial charge in [0.25, 0.3) is 0 Å². The van der Waals surface area contributed by atoms with Crippen molar-refractivity contribution in [3.8, 4) is 5.88 Å². The SMILES string of the molecule is CC(C)(C)OC(=O)N1CC[C@@H](Oc2ccc(B3OC(C)(C)C(C)(C)O3)cn2)C1. The van der Waals surface area contributed by atoms with E-state index in [-0.39, 0.29) is 23.4 Å². The summed E-state index contributed by atoms with van der Waals surface area (Å²) in [4.78, 5) is 18.2. The Morgan fingerprint density at radius 1 is 1.21 bits per heavy atom. The highest BCUT2D eigenvalue weighted by Gasteiger charge is 2.51. The number of pyridine rings is 1. The first-order chi connectivity index (χ1) is 12.9. The van der Waals surface area contributed by atoms with Crippen molar-refractivity contribution in [2.75, 3.05) is 13.1 Å². The molecule has 8 heteroatoms. The summed E-state index contributed by atoms with van der Waals surface area (Å²) in [5.74, 6) is 0.524. The molecular weight excluding hydrogens is 359 g/mol. The van der Waals surface area contributed by atoms with Crippen LogP contribution in [0.15, 0.2) is 18.3 Å². The number of likely N-dealkylation sites (tertiary alicyclic amines) is 1. The van der Waals surface area contributed by atoms with E-state index in [2.05, 4.69) is 4.98 Å². The second kappa shape index (κ2) is 7.23. The molecule has 0 saturated carbocycles. The molecule has 0 aromatic carbocycles. The van der Waals surface area contributed by atoms with Gasteiger partial charge in [-0.3, -0.25) is 0 Å². The van der Waals surface area contributed by atoms with Crippen LogP contribution in [-0.4, -0.2) is 59.1 Å². The molecule has 7 nitrogen and oxygen atoms in total. The molecule has 3 rings (SSSR count). The van der Waals surface area contributed by atoms with Gasteiger partial charge in [-0.15, -0.1) is 0 Å². The Kier molecular flexibility index (Phi) is 5.40. The lowest BCUT2D eigenvalue weighted by Crippen LogP contribution is -2.41. The third-order valence-corrected chi connectivity index (χ3v) is 5.37. The normalized spacial score (nSPS) is 23.8.